The Hall–Kier alpha value is -1.80. The van der Waals surface area contributed by atoms with Crippen molar-refractivity contribution in [2.75, 3.05) is 0 Å². The van der Waals surface area contributed by atoms with Crippen LogP contribution in [0.1, 0.15) is 29.4 Å². The Morgan fingerprint density at radius 3 is 2.52 bits per heavy atom. The predicted molar refractivity (Wildman–Crippen MR) is 88.9 cm³/mol. The molecule has 0 aliphatic rings. The molecule has 0 saturated heterocycles. The van der Waals surface area contributed by atoms with E-state index in [2.05, 4.69) is 59.8 Å². The molecule has 0 bridgehead atoms. The third kappa shape index (κ3) is 2.56. The van der Waals surface area contributed by atoms with Crippen molar-refractivity contribution in [2.24, 2.45) is 0 Å². The van der Waals surface area contributed by atoms with Crippen LogP contribution in [0.15, 0.2) is 42.5 Å². The molecule has 0 atom stereocenters. The maximum Gasteiger partial charge on any atom is 0.125 e. The highest BCUT2D eigenvalue weighted by Crippen LogP contribution is 2.23. The fourth-order valence-corrected chi connectivity index (χ4v) is 3.12. The third-order valence-electron chi connectivity index (χ3n) is 3.99. The van der Waals surface area contributed by atoms with Crippen LogP contribution in [-0.2, 0) is 18.8 Å². The monoisotopic (exact) mass is 298 g/mol. The van der Waals surface area contributed by atoms with E-state index in [4.69, 9.17) is 11.6 Å². The molecular formula is C18H19ClN2. The molecule has 2 nitrogen and oxygen atoms in total. The quantitative estimate of drug-likeness (QED) is 0.639. The van der Waals surface area contributed by atoms with Crippen molar-refractivity contribution in [3.05, 3.63) is 65.0 Å². The standard InChI is InChI=1S/C18H19ClN2/c1-3-14-8-4-5-9-15(14)12-21-17(11-19)20-16-10-6-7-13(2)18(16)21/h4-10H,3,11-12H2,1-2H3. The number of rotatable bonds is 4. The van der Waals surface area contributed by atoms with Gasteiger partial charge in [0.2, 0.25) is 0 Å². The number of imidazole rings is 1. The summed E-state index contributed by atoms with van der Waals surface area (Å²) in [5, 5.41) is 0. The molecule has 108 valence electrons. The molecule has 0 aliphatic carbocycles. The van der Waals surface area contributed by atoms with Gasteiger partial charge in [0, 0.05) is 6.54 Å². The lowest BCUT2D eigenvalue weighted by molar-refractivity contribution is 0.768. The third-order valence-corrected chi connectivity index (χ3v) is 4.23. The van der Waals surface area contributed by atoms with Crippen molar-refractivity contribution in [3.8, 4) is 0 Å². The first-order chi connectivity index (χ1) is 10.2. The molecule has 2 aromatic carbocycles. The van der Waals surface area contributed by atoms with Gasteiger partial charge in [0.1, 0.15) is 5.82 Å². The highest BCUT2D eigenvalue weighted by Gasteiger charge is 2.13. The van der Waals surface area contributed by atoms with Gasteiger partial charge in [0.05, 0.1) is 16.9 Å². The number of alkyl halides is 1. The number of fused-ring (bicyclic) bond motifs is 1. The molecule has 0 fully saturated rings. The molecule has 3 rings (SSSR count). The van der Waals surface area contributed by atoms with Gasteiger partial charge in [0.25, 0.3) is 0 Å². The molecule has 3 heteroatoms. The van der Waals surface area contributed by atoms with Crippen molar-refractivity contribution in [3.63, 3.8) is 0 Å². The molecule has 0 saturated carbocycles. The summed E-state index contributed by atoms with van der Waals surface area (Å²) in [7, 11) is 0. The first-order valence-corrected chi connectivity index (χ1v) is 7.85. The molecule has 1 aromatic heterocycles. The molecule has 0 radical (unpaired) electrons. The van der Waals surface area contributed by atoms with E-state index in [-0.39, 0.29) is 0 Å². The van der Waals surface area contributed by atoms with E-state index in [9.17, 15) is 0 Å². The Morgan fingerprint density at radius 1 is 1.05 bits per heavy atom. The number of benzene rings is 2. The molecule has 0 aliphatic heterocycles. The number of nitrogens with zero attached hydrogens (tertiary/aromatic N) is 2. The van der Waals surface area contributed by atoms with E-state index < -0.39 is 0 Å². The zero-order chi connectivity index (χ0) is 14.8. The van der Waals surface area contributed by atoms with Crippen molar-refractivity contribution in [2.45, 2.75) is 32.7 Å². The molecule has 0 amide bonds. The van der Waals surface area contributed by atoms with Gasteiger partial charge in [-0.15, -0.1) is 11.6 Å². The number of hydrogen-bond donors (Lipinski definition) is 0. The summed E-state index contributed by atoms with van der Waals surface area (Å²) in [6.07, 6.45) is 1.04. The minimum absolute atomic E-state index is 0.433. The number of aromatic nitrogens is 2. The van der Waals surface area contributed by atoms with Crippen LogP contribution in [0.3, 0.4) is 0 Å². The Balaban J connectivity index is 2.15. The van der Waals surface area contributed by atoms with Gasteiger partial charge < -0.3 is 4.57 Å². The summed E-state index contributed by atoms with van der Waals surface area (Å²) in [4.78, 5) is 4.67. The number of aryl methyl sites for hydroxylation is 2. The lowest BCUT2D eigenvalue weighted by Crippen LogP contribution is -2.06. The second-order valence-corrected chi connectivity index (χ2v) is 5.58. The van der Waals surface area contributed by atoms with E-state index in [0.717, 1.165) is 24.3 Å². The van der Waals surface area contributed by atoms with Crippen molar-refractivity contribution >= 4 is 22.6 Å². The van der Waals surface area contributed by atoms with Gasteiger partial charge in [-0.3, -0.25) is 0 Å². The summed E-state index contributed by atoms with van der Waals surface area (Å²) in [5.41, 5.74) is 6.19. The number of halogens is 1. The Morgan fingerprint density at radius 2 is 1.81 bits per heavy atom. The average Bonchev–Trinajstić information content (AvgIpc) is 2.87. The highest BCUT2D eigenvalue weighted by molar-refractivity contribution is 6.16. The smallest absolute Gasteiger partial charge is 0.125 e. The Bertz CT molecular complexity index is 774. The molecule has 1 heterocycles. The van der Waals surface area contributed by atoms with Gasteiger partial charge in [-0.25, -0.2) is 4.98 Å². The zero-order valence-corrected chi connectivity index (χ0v) is 13.2. The number of para-hydroxylation sites is 1. The highest BCUT2D eigenvalue weighted by atomic mass is 35.5. The van der Waals surface area contributed by atoms with Crippen LogP contribution < -0.4 is 0 Å². The summed E-state index contributed by atoms with van der Waals surface area (Å²) < 4.78 is 2.26. The predicted octanol–water partition coefficient (Wildman–Crippen LogP) is 4.69. The van der Waals surface area contributed by atoms with Gasteiger partial charge in [-0.05, 0) is 36.1 Å². The molecule has 21 heavy (non-hydrogen) atoms. The van der Waals surface area contributed by atoms with Crippen LogP contribution in [0.2, 0.25) is 0 Å². The summed E-state index contributed by atoms with van der Waals surface area (Å²) in [6.45, 7) is 5.15. The summed E-state index contributed by atoms with van der Waals surface area (Å²) >= 11 is 6.11. The van der Waals surface area contributed by atoms with E-state index in [0.29, 0.717) is 5.88 Å². The first-order valence-electron chi connectivity index (χ1n) is 7.32. The van der Waals surface area contributed by atoms with Crippen molar-refractivity contribution in [1.29, 1.82) is 0 Å². The normalized spacial score (nSPS) is 11.2. The fourth-order valence-electron chi connectivity index (χ4n) is 2.91. The average molecular weight is 299 g/mol. The van der Waals surface area contributed by atoms with Crippen LogP contribution in [-0.4, -0.2) is 9.55 Å². The number of hydrogen-bond acceptors (Lipinski definition) is 1. The lowest BCUT2D eigenvalue weighted by atomic mass is 10.1. The second kappa shape index (κ2) is 5.90. The van der Waals surface area contributed by atoms with Gasteiger partial charge in [-0.1, -0.05) is 43.3 Å². The summed E-state index contributed by atoms with van der Waals surface area (Å²) in [6, 6.07) is 14.8. The summed E-state index contributed by atoms with van der Waals surface area (Å²) in [5.74, 6) is 1.37. The van der Waals surface area contributed by atoms with E-state index >= 15 is 0 Å². The molecule has 3 aromatic rings. The van der Waals surface area contributed by atoms with E-state index in [1.165, 1.54) is 22.2 Å². The molecule has 0 spiro atoms. The SMILES string of the molecule is CCc1ccccc1Cn1c(CCl)nc2cccc(C)c21. The maximum absolute atomic E-state index is 6.11. The first kappa shape index (κ1) is 14.2. The van der Waals surface area contributed by atoms with Gasteiger partial charge in [-0.2, -0.15) is 0 Å². The molecular weight excluding hydrogens is 280 g/mol. The zero-order valence-electron chi connectivity index (χ0n) is 12.4. The van der Waals surface area contributed by atoms with Crippen LogP contribution in [0.5, 0.6) is 0 Å². The molecule has 0 N–H and O–H groups in total. The van der Waals surface area contributed by atoms with Crippen LogP contribution in [0.25, 0.3) is 11.0 Å². The maximum atomic E-state index is 6.11. The minimum atomic E-state index is 0.433. The van der Waals surface area contributed by atoms with Gasteiger partial charge in [0.15, 0.2) is 0 Å². The van der Waals surface area contributed by atoms with E-state index in [1.54, 1.807) is 0 Å². The topological polar surface area (TPSA) is 17.8 Å². The minimum Gasteiger partial charge on any atom is -0.322 e. The lowest BCUT2D eigenvalue weighted by Gasteiger charge is -2.12. The van der Waals surface area contributed by atoms with Crippen LogP contribution in [0.4, 0.5) is 0 Å². The second-order valence-electron chi connectivity index (χ2n) is 5.31. The molecule has 0 unspecified atom stereocenters. The van der Waals surface area contributed by atoms with Crippen molar-refractivity contribution < 1.29 is 0 Å². The Kier molecular flexibility index (Phi) is 3.98. The van der Waals surface area contributed by atoms with Crippen LogP contribution in [0, 0.1) is 6.92 Å². The van der Waals surface area contributed by atoms with Gasteiger partial charge >= 0.3 is 0 Å². The fraction of sp³-hybridized carbons (Fsp3) is 0.278. The van der Waals surface area contributed by atoms with E-state index in [1.807, 2.05) is 6.07 Å². The van der Waals surface area contributed by atoms with Crippen LogP contribution >= 0.6 is 11.6 Å². The largest absolute Gasteiger partial charge is 0.322 e. The Labute approximate surface area is 130 Å². The van der Waals surface area contributed by atoms with Crippen molar-refractivity contribution in [1.82, 2.24) is 9.55 Å².